The third-order valence-electron chi connectivity index (χ3n) is 7.27. The number of carboxylic acid groups (broad SMARTS) is 1. The lowest BCUT2D eigenvalue weighted by Crippen LogP contribution is -2.30. The van der Waals surface area contributed by atoms with Gasteiger partial charge in [-0.25, -0.2) is 0 Å². The number of allylic oxidation sites excluding steroid dienone is 1. The molecule has 0 saturated carbocycles. The number of carboxylic acids is 1. The van der Waals surface area contributed by atoms with Gasteiger partial charge in [0.05, 0.1) is 31.9 Å². The number of hydrogen-bond donors (Lipinski definition) is 3. The number of Topliss-reactive ketones (excluding diaryl/α,β-unsaturated/α-hetero) is 1. The number of fused-ring (bicyclic) bond motifs is 1. The number of amidine groups is 1. The van der Waals surface area contributed by atoms with Gasteiger partial charge in [-0.05, 0) is 67.9 Å². The lowest BCUT2D eigenvalue weighted by Gasteiger charge is -2.26. The van der Waals surface area contributed by atoms with E-state index >= 15 is 0 Å². The summed E-state index contributed by atoms with van der Waals surface area (Å²) in [6.07, 6.45) is 4.48. The predicted molar refractivity (Wildman–Crippen MR) is 170 cm³/mol. The SMILES string of the molecule is C=CCCCOc1cc(C(=O)CN2Cc3cc(OCC)c(C(=O)NC)cc3C2=N)cc(C(C)(C)C)c1OCCCCC(=O)O. The summed E-state index contributed by atoms with van der Waals surface area (Å²) in [5.74, 6) is 0.281. The van der Waals surface area contributed by atoms with Gasteiger partial charge >= 0.3 is 5.97 Å². The number of aliphatic carboxylic acids is 1. The maximum Gasteiger partial charge on any atom is 0.303 e. The Balaban J connectivity index is 1.90. The van der Waals surface area contributed by atoms with Crippen molar-refractivity contribution in [3.05, 3.63) is 64.7 Å². The molecule has 2 aromatic rings. The van der Waals surface area contributed by atoms with Gasteiger partial charge in [0, 0.05) is 36.7 Å². The van der Waals surface area contributed by atoms with Gasteiger partial charge in [-0.15, -0.1) is 6.58 Å². The van der Waals surface area contributed by atoms with Crippen molar-refractivity contribution >= 4 is 23.5 Å². The predicted octanol–water partition coefficient (Wildman–Crippen LogP) is 5.74. The first-order valence-corrected chi connectivity index (χ1v) is 15.1. The molecule has 44 heavy (non-hydrogen) atoms. The zero-order valence-electron chi connectivity index (χ0n) is 26.5. The molecule has 1 aliphatic rings. The van der Waals surface area contributed by atoms with Gasteiger partial charge in [0.2, 0.25) is 0 Å². The monoisotopic (exact) mass is 607 g/mol. The molecular formula is C34H45N3O7. The Bertz CT molecular complexity index is 1390. The van der Waals surface area contributed by atoms with Gasteiger partial charge in [-0.3, -0.25) is 19.8 Å². The quantitative estimate of drug-likeness (QED) is 0.118. The summed E-state index contributed by atoms with van der Waals surface area (Å²) in [5, 5.41) is 20.4. The Hall–Kier alpha value is -4.34. The van der Waals surface area contributed by atoms with E-state index < -0.39 is 11.4 Å². The van der Waals surface area contributed by atoms with E-state index in [2.05, 4.69) is 11.9 Å². The minimum atomic E-state index is -0.842. The van der Waals surface area contributed by atoms with Gasteiger partial charge in [0.15, 0.2) is 17.3 Å². The number of unbranched alkanes of at least 4 members (excludes halogenated alkanes) is 2. The highest BCUT2D eigenvalue weighted by atomic mass is 16.5. The van der Waals surface area contributed by atoms with Gasteiger partial charge < -0.3 is 29.5 Å². The van der Waals surface area contributed by atoms with Crippen LogP contribution in [-0.4, -0.2) is 66.9 Å². The molecule has 1 amide bonds. The summed E-state index contributed by atoms with van der Waals surface area (Å²) in [4.78, 5) is 38.9. The topological polar surface area (TPSA) is 138 Å². The van der Waals surface area contributed by atoms with Gasteiger partial charge in [-0.1, -0.05) is 26.8 Å². The van der Waals surface area contributed by atoms with E-state index in [9.17, 15) is 14.4 Å². The van der Waals surface area contributed by atoms with Crippen LogP contribution in [0.15, 0.2) is 36.9 Å². The lowest BCUT2D eigenvalue weighted by atomic mass is 9.84. The van der Waals surface area contributed by atoms with Crippen LogP contribution in [-0.2, 0) is 16.8 Å². The Labute approximate surface area is 259 Å². The third kappa shape index (κ3) is 8.61. The second-order valence-electron chi connectivity index (χ2n) is 11.7. The highest BCUT2D eigenvalue weighted by molar-refractivity contribution is 6.07. The first-order chi connectivity index (χ1) is 20.9. The molecule has 10 nitrogen and oxygen atoms in total. The fourth-order valence-corrected chi connectivity index (χ4v) is 4.95. The van der Waals surface area contributed by atoms with Crippen LogP contribution < -0.4 is 19.5 Å². The van der Waals surface area contributed by atoms with Crippen molar-refractivity contribution in [3.63, 3.8) is 0 Å². The third-order valence-corrected chi connectivity index (χ3v) is 7.27. The summed E-state index contributed by atoms with van der Waals surface area (Å²) in [7, 11) is 1.54. The Kier molecular flexibility index (Phi) is 12.0. The number of ether oxygens (including phenoxy) is 3. The average molecular weight is 608 g/mol. The molecule has 0 saturated heterocycles. The van der Waals surface area contributed by atoms with E-state index in [0.717, 1.165) is 24.0 Å². The zero-order valence-corrected chi connectivity index (χ0v) is 26.5. The fraction of sp³-hybridized carbons (Fsp3) is 0.471. The molecule has 0 atom stereocenters. The fourth-order valence-electron chi connectivity index (χ4n) is 4.95. The Morgan fingerprint density at radius 1 is 1.05 bits per heavy atom. The second kappa shape index (κ2) is 15.4. The molecule has 238 valence electrons. The van der Waals surface area contributed by atoms with E-state index in [0.29, 0.717) is 73.1 Å². The van der Waals surface area contributed by atoms with Gasteiger partial charge in [-0.2, -0.15) is 0 Å². The molecule has 10 heteroatoms. The number of nitrogens with zero attached hydrogens (tertiary/aromatic N) is 1. The number of carbonyl (C=O) groups is 3. The largest absolute Gasteiger partial charge is 0.493 e. The molecule has 0 radical (unpaired) electrons. The van der Waals surface area contributed by atoms with Crippen molar-refractivity contribution in [1.82, 2.24) is 10.2 Å². The molecule has 0 bridgehead atoms. The minimum absolute atomic E-state index is 0.0400. The molecule has 0 unspecified atom stereocenters. The zero-order chi connectivity index (χ0) is 32.4. The summed E-state index contributed by atoms with van der Waals surface area (Å²) in [5.41, 5.74) is 2.60. The molecule has 0 aromatic heterocycles. The first kappa shape index (κ1) is 34.2. The first-order valence-electron chi connectivity index (χ1n) is 15.1. The highest BCUT2D eigenvalue weighted by Crippen LogP contribution is 2.41. The van der Waals surface area contributed by atoms with Gasteiger partial charge in [0.1, 0.15) is 11.6 Å². The van der Waals surface area contributed by atoms with Crippen LogP contribution in [0.25, 0.3) is 0 Å². The molecule has 1 aliphatic heterocycles. The van der Waals surface area contributed by atoms with E-state index in [4.69, 9.17) is 24.7 Å². The smallest absolute Gasteiger partial charge is 0.303 e. The number of ketones is 1. The van der Waals surface area contributed by atoms with Gasteiger partial charge in [0.25, 0.3) is 5.91 Å². The number of carbonyl (C=O) groups excluding carboxylic acids is 2. The van der Waals surface area contributed by atoms with Crippen molar-refractivity contribution in [2.75, 3.05) is 33.4 Å². The van der Waals surface area contributed by atoms with Crippen LogP contribution in [0, 0.1) is 5.41 Å². The van der Waals surface area contributed by atoms with Crippen LogP contribution in [0.2, 0.25) is 0 Å². The van der Waals surface area contributed by atoms with Crippen molar-refractivity contribution in [2.24, 2.45) is 0 Å². The number of nitrogens with one attached hydrogen (secondary N) is 2. The van der Waals surface area contributed by atoms with Crippen molar-refractivity contribution in [3.8, 4) is 17.2 Å². The highest BCUT2D eigenvalue weighted by Gasteiger charge is 2.31. The van der Waals surface area contributed by atoms with Crippen LogP contribution in [0.5, 0.6) is 17.2 Å². The maximum absolute atomic E-state index is 13.8. The molecule has 0 fully saturated rings. The number of hydrogen-bond acceptors (Lipinski definition) is 7. The molecular weight excluding hydrogens is 562 g/mol. The molecule has 0 aliphatic carbocycles. The molecule has 0 spiro atoms. The average Bonchev–Trinajstić information content (AvgIpc) is 3.27. The molecule has 3 rings (SSSR count). The lowest BCUT2D eigenvalue weighted by molar-refractivity contribution is -0.137. The van der Waals surface area contributed by atoms with Crippen LogP contribution in [0.4, 0.5) is 0 Å². The second-order valence-corrected chi connectivity index (χ2v) is 11.7. The van der Waals surface area contributed by atoms with Crippen LogP contribution in [0.3, 0.4) is 0 Å². The summed E-state index contributed by atoms with van der Waals surface area (Å²) in [6, 6.07) is 6.95. The van der Waals surface area contributed by atoms with E-state index in [1.54, 1.807) is 30.1 Å². The van der Waals surface area contributed by atoms with Crippen molar-refractivity contribution < 1.29 is 33.7 Å². The number of rotatable bonds is 17. The molecule has 1 heterocycles. The molecule has 2 aromatic carbocycles. The normalized spacial score (nSPS) is 12.5. The van der Waals surface area contributed by atoms with E-state index in [1.165, 1.54) is 0 Å². The van der Waals surface area contributed by atoms with Crippen LogP contribution in [0.1, 0.15) is 97.2 Å². The Morgan fingerprint density at radius 2 is 1.77 bits per heavy atom. The van der Waals surface area contributed by atoms with E-state index in [1.807, 2.05) is 39.8 Å². The standard InChI is InChI=1S/C34H45N3O7/c1-7-9-11-14-43-29-17-22(16-26(34(3,4)5)31(29)44-15-12-10-13-30(39)40)27(38)21-37-20-23-18-28(42-8-2)25(33(41)36-6)19-24(23)32(37)35/h7,16-19,35H,1,8-15,20-21H2,2-6H3,(H,36,41)(H,39,40). The Morgan fingerprint density at radius 3 is 2.41 bits per heavy atom. The van der Waals surface area contributed by atoms with Crippen LogP contribution >= 0.6 is 0 Å². The number of amides is 1. The molecule has 3 N–H and O–H groups in total. The van der Waals surface area contributed by atoms with E-state index in [-0.39, 0.29) is 30.5 Å². The van der Waals surface area contributed by atoms with Crippen molar-refractivity contribution in [1.29, 1.82) is 5.41 Å². The summed E-state index contributed by atoms with van der Waals surface area (Å²) < 4.78 is 18.1. The maximum atomic E-state index is 13.8. The minimum Gasteiger partial charge on any atom is -0.493 e. The number of benzene rings is 2. The van der Waals surface area contributed by atoms with Crippen molar-refractivity contribution in [2.45, 2.75) is 71.8 Å². The summed E-state index contributed by atoms with van der Waals surface area (Å²) >= 11 is 0. The summed E-state index contributed by atoms with van der Waals surface area (Å²) in [6.45, 7) is 13.1.